The van der Waals surface area contributed by atoms with Crippen LogP contribution in [-0.2, 0) is 6.54 Å². The molecule has 0 saturated heterocycles. The van der Waals surface area contributed by atoms with Gasteiger partial charge in [0.25, 0.3) is 0 Å². The van der Waals surface area contributed by atoms with Crippen LogP contribution in [0.2, 0.25) is 10.0 Å². The number of tetrazole rings is 1. The van der Waals surface area contributed by atoms with E-state index in [-0.39, 0.29) is 0 Å². The maximum Gasteiger partial charge on any atom is 0.209 e. The summed E-state index contributed by atoms with van der Waals surface area (Å²) in [6.07, 6.45) is 1.93. The first kappa shape index (κ1) is 11.7. The molecule has 0 saturated carbocycles. The predicted octanol–water partition coefficient (Wildman–Crippen LogP) is 2.75. The van der Waals surface area contributed by atoms with Crippen LogP contribution in [0.3, 0.4) is 0 Å². The van der Waals surface area contributed by atoms with Gasteiger partial charge in [0.15, 0.2) is 0 Å². The van der Waals surface area contributed by atoms with Gasteiger partial charge in [-0.1, -0.05) is 41.0 Å². The van der Waals surface area contributed by atoms with E-state index in [0.717, 1.165) is 10.7 Å². The summed E-state index contributed by atoms with van der Waals surface area (Å²) < 4.78 is 1.71. The normalized spacial score (nSPS) is 10.7. The molecule has 1 aromatic carbocycles. The van der Waals surface area contributed by atoms with Crippen LogP contribution in [0.25, 0.3) is 0 Å². The summed E-state index contributed by atoms with van der Waals surface area (Å²) in [7, 11) is 0. The van der Waals surface area contributed by atoms with Crippen LogP contribution in [-0.4, -0.2) is 26.5 Å². The van der Waals surface area contributed by atoms with E-state index in [1.54, 1.807) is 10.7 Å². The van der Waals surface area contributed by atoms with Crippen molar-refractivity contribution in [3.63, 3.8) is 0 Å². The van der Waals surface area contributed by atoms with Gasteiger partial charge >= 0.3 is 0 Å². The van der Waals surface area contributed by atoms with Crippen molar-refractivity contribution in [1.29, 1.82) is 0 Å². The van der Waals surface area contributed by atoms with Crippen LogP contribution in [0.5, 0.6) is 0 Å². The molecule has 0 aliphatic carbocycles. The molecule has 0 bridgehead atoms. The highest BCUT2D eigenvalue weighted by atomic mass is 35.5. The van der Waals surface area contributed by atoms with E-state index in [1.807, 2.05) is 18.4 Å². The Bertz CT molecular complexity index is 500. The lowest BCUT2D eigenvalue weighted by atomic mass is 10.2. The SMILES string of the molecule is CSc1nnnn1Cc1ccc(Cl)c(Cl)c1. The smallest absolute Gasteiger partial charge is 0.209 e. The summed E-state index contributed by atoms with van der Waals surface area (Å²) in [6.45, 7) is 0.583. The lowest BCUT2D eigenvalue weighted by Gasteiger charge is -2.04. The Kier molecular flexibility index (Phi) is 3.68. The number of rotatable bonds is 3. The van der Waals surface area contributed by atoms with Crippen molar-refractivity contribution in [2.24, 2.45) is 0 Å². The molecule has 84 valence electrons. The Labute approximate surface area is 107 Å². The molecule has 7 heteroatoms. The van der Waals surface area contributed by atoms with Crippen LogP contribution >= 0.6 is 35.0 Å². The summed E-state index contributed by atoms with van der Waals surface area (Å²) in [4.78, 5) is 0. The van der Waals surface area contributed by atoms with Gasteiger partial charge in [-0.2, -0.15) is 0 Å². The summed E-state index contributed by atoms with van der Waals surface area (Å²) in [5, 5.41) is 13.2. The van der Waals surface area contributed by atoms with Gasteiger partial charge in [-0.3, -0.25) is 0 Å². The van der Waals surface area contributed by atoms with Gasteiger partial charge in [0.1, 0.15) is 0 Å². The predicted molar refractivity (Wildman–Crippen MR) is 65.2 cm³/mol. The molecule has 0 unspecified atom stereocenters. The van der Waals surface area contributed by atoms with Gasteiger partial charge < -0.3 is 0 Å². The highest BCUT2D eigenvalue weighted by molar-refractivity contribution is 7.98. The summed E-state index contributed by atoms with van der Waals surface area (Å²) in [6, 6.07) is 5.48. The Morgan fingerprint density at radius 2 is 2.12 bits per heavy atom. The van der Waals surface area contributed by atoms with Gasteiger partial charge in [0.05, 0.1) is 16.6 Å². The van der Waals surface area contributed by atoms with Crippen LogP contribution in [0.15, 0.2) is 23.4 Å². The second kappa shape index (κ2) is 5.03. The van der Waals surface area contributed by atoms with E-state index < -0.39 is 0 Å². The minimum atomic E-state index is 0.540. The van der Waals surface area contributed by atoms with Crippen LogP contribution in [0.1, 0.15) is 5.56 Å². The number of hydrogen-bond acceptors (Lipinski definition) is 4. The molecule has 2 aromatic rings. The zero-order chi connectivity index (χ0) is 11.5. The molecular weight excluding hydrogens is 267 g/mol. The molecule has 0 aliphatic heterocycles. The topological polar surface area (TPSA) is 43.6 Å². The molecular formula is C9H8Cl2N4S. The zero-order valence-corrected chi connectivity index (χ0v) is 10.7. The van der Waals surface area contributed by atoms with E-state index >= 15 is 0 Å². The number of aromatic nitrogens is 4. The van der Waals surface area contributed by atoms with Crippen molar-refractivity contribution in [1.82, 2.24) is 20.2 Å². The van der Waals surface area contributed by atoms with Crippen LogP contribution < -0.4 is 0 Å². The molecule has 0 aliphatic rings. The van der Waals surface area contributed by atoms with Crippen molar-refractivity contribution >= 4 is 35.0 Å². The first-order valence-corrected chi connectivity index (χ1v) is 6.43. The van der Waals surface area contributed by atoms with Crippen molar-refractivity contribution in [3.8, 4) is 0 Å². The Balaban J connectivity index is 2.24. The Morgan fingerprint density at radius 3 is 2.81 bits per heavy atom. The van der Waals surface area contributed by atoms with E-state index in [4.69, 9.17) is 23.2 Å². The molecule has 0 fully saturated rings. The van der Waals surface area contributed by atoms with Crippen molar-refractivity contribution < 1.29 is 0 Å². The molecule has 2 rings (SSSR count). The maximum atomic E-state index is 5.93. The molecule has 0 amide bonds. The summed E-state index contributed by atoms with van der Waals surface area (Å²) >= 11 is 13.3. The minimum absolute atomic E-state index is 0.540. The number of hydrogen-bond donors (Lipinski definition) is 0. The second-order valence-corrected chi connectivity index (χ2v) is 4.66. The fourth-order valence-corrected chi connectivity index (χ4v) is 2.00. The first-order chi connectivity index (χ1) is 7.70. The monoisotopic (exact) mass is 274 g/mol. The minimum Gasteiger partial charge on any atom is -0.216 e. The van der Waals surface area contributed by atoms with Crippen LogP contribution in [0, 0.1) is 0 Å². The average molecular weight is 275 g/mol. The first-order valence-electron chi connectivity index (χ1n) is 4.45. The molecule has 0 spiro atoms. The standard InChI is InChI=1S/C9H8Cl2N4S/c1-16-9-12-13-14-15(9)5-6-2-3-7(10)8(11)4-6/h2-4H,5H2,1H3. The molecule has 0 radical (unpaired) electrons. The fraction of sp³-hybridized carbons (Fsp3) is 0.222. The van der Waals surface area contributed by atoms with Crippen molar-refractivity contribution in [3.05, 3.63) is 33.8 Å². The van der Waals surface area contributed by atoms with Gasteiger partial charge in [-0.15, -0.1) is 5.10 Å². The van der Waals surface area contributed by atoms with Gasteiger partial charge in [-0.25, -0.2) is 4.68 Å². The van der Waals surface area contributed by atoms with Gasteiger partial charge in [0, 0.05) is 0 Å². The van der Waals surface area contributed by atoms with Crippen molar-refractivity contribution in [2.45, 2.75) is 11.7 Å². The lowest BCUT2D eigenvalue weighted by molar-refractivity contribution is 0.603. The number of benzene rings is 1. The molecule has 1 aromatic heterocycles. The molecule has 1 heterocycles. The van der Waals surface area contributed by atoms with Crippen LogP contribution in [0.4, 0.5) is 0 Å². The Morgan fingerprint density at radius 1 is 1.31 bits per heavy atom. The largest absolute Gasteiger partial charge is 0.216 e. The van der Waals surface area contributed by atoms with E-state index in [2.05, 4.69) is 15.5 Å². The molecule has 16 heavy (non-hydrogen) atoms. The van der Waals surface area contributed by atoms with E-state index in [0.29, 0.717) is 16.6 Å². The fourth-order valence-electron chi connectivity index (χ4n) is 1.25. The third-order valence-electron chi connectivity index (χ3n) is 2.00. The lowest BCUT2D eigenvalue weighted by Crippen LogP contribution is -2.03. The van der Waals surface area contributed by atoms with Gasteiger partial charge in [0.2, 0.25) is 5.16 Å². The zero-order valence-electron chi connectivity index (χ0n) is 8.39. The summed E-state index contributed by atoms with van der Waals surface area (Å²) in [5.74, 6) is 0. The highest BCUT2D eigenvalue weighted by Gasteiger charge is 2.06. The quantitative estimate of drug-likeness (QED) is 0.808. The van der Waals surface area contributed by atoms with E-state index in [9.17, 15) is 0 Å². The number of nitrogens with zero attached hydrogens (tertiary/aromatic N) is 4. The molecule has 4 nitrogen and oxygen atoms in total. The maximum absolute atomic E-state index is 5.93. The third-order valence-corrected chi connectivity index (χ3v) is 3.39. The number of thioether (sulfide) groups is 1. The molecule has 0 N–H and O–H groups in total. The van der Waals surface area contributed by atoms with Crippen molar-refractivity contribution in [2.75, 3.05) is 6.26 Å². The second-order valence-electron chi connectivity index (χ2n) is 3.07. The molecule has 0 atom stereocenters. The van der Waals surface area contributed by atoms with E-state index in [1.165, 1.54) is 11.8 Å². The van der Waals surface area contributed by atoms with Gasteiger partial charge in [-0.05, 0) is 34.4 Å². The average Bonchev–Trinajstić information content (AvgIpc) is 2.71. The third kappa shape index (κ3) is 2.48. The Hall–Kier alpha value is -0.780. The highest BCUT2D eigenvalue weighted by Crippen LogP contribution is 2.23. The number of halogens is 2. The summed E-state index contributed by atoms with van der Waals surface area (Å²) in [5.41, 5.74) is 1.01.